The highest BCUT2D eigenvalue weighted by molar-refractivity contribution is 5.13. The van der Waals surface area contributed by atoms with Gasteiger partial charge in [-0.15, -0.1) is 0 Å². The molecule has 1 rings (SSSR count). The topological polar surface area (TPSA) is 0 Å². The first kappa shape index (κ1) is 9.83. The summed E-state index contributed by atoms with van der Waals surface area (Å²) >= 11 is 0. The Morgan fingerprint density at radius 2 is 1.67 bits per heavy atom. The highest BCUT2D eigenvalue weighted by Gasteiger charge is 2.28. The molecule has 0 aliphatic heterocycles. The zero-order valence-electron chi connectivity index (χ0n) is 9.09. The second-order valence-electron chi connectivity index (χ2n) is 4.46. The maximum absolute atomic E-state index is 2.50. The predicted molar refractivity (Wildman–Crippen MR) is 55.0 cm³/mol. The second-order valence-corrected chi connectivity index (χ2v) is 4.46. The van der Waals surface area contributed by atoms with Gasteiger partial charge in [0.1, 0.15) is 0 Å². The summed E-state index contributed by atoms with van der Waals surface area (Å²) in [6, 6.07) is 0. The lowest BCUT2D eigenvalue weighted by molar-refractivity contribution is 0.235. The van der Waals surface area contributed by atoms with Gasteiger partial charge in [-0.3, -0.25) is 0 Å². The van der Waals surface area contributed by atoms with Crippen molar-refractivity contribution in [3.8, 4) is 0 Å². The molecule has 0 spiro atoms. The summed E-state index contributed by atoms with van der Waals surface area (Å²) in [4.78, 5) is 0. The van der Waals surface area contributed by atoms with E-state index in [0.717, 1.165) is 23.7 Å². The zero-order chi connectivity index (χ0) is 9.30. The van der Waals surface area contributed by atoms with E-state index in [-0.39, 0.29) is 0 Å². The molecule has 0 saturated carbocycles. The van der Waals surface area contributed by atoms with Crippen molar-refractivity contribution in [2.45, 2.75) is 41.0 Å². The van der Waals surface area contributed by atoms with Crippen molar-refractivity contribution >= 4 is 0 Å². The van der Waals surface area contributed by atoms with E-state index in [0.29, 0.717) is 0 Å². The van der Waals surface area contributed by atoms with Crippen LogP contribution in [0.25, 0.3) is 0 Å². The van der Waals surface area contributed by atoms with Crippen molar-refractivity contribution in [1.29, 1.82) is 0 Å². The lowest BCUT2D eigenvalue weighted by Crippen LogP contribution is -2.27. The summed E-state index contributed by atoms with van der Waals surface area (Å²) in [6.07, 6.45) is 3.73. The maximum atomic E-state index is 2.50. The monoisotopic (exact) mass is 166 g/mol. The molecule has 0 N–H and O–H groups in total. The van der Waals surface area contributed by atoms with Crippen LogP contribution >= 0.6 is 0 Å². The van der Waals surface area contributed by atoms with Crippen LogP contribution < -0.4 is 0 Å². The van der Waals surface area contributed by atoms with Crippen LogP contribution in [0.4, 0.5) is 0 Å². The van der Waals surface area contributed by atoms with Gasteiger partial charge in [0.25, 0.3) is 0 Å². The van der Waals surface area contributed by atoms with Crippen molar-refractivity contribution in [2.24, 2.45) is 23.7 Å². The van der Waals surface area contributed by atoms with E-state index in [2.05, 4.69) is 40.7 Å². The molecule has 0 heteroatoms. The van der Waals surface area contributed by atoms with Crippen molar-refractivity contribution < 1.29 is 0 Å². The molecule has 70 valence electrons. The average Bonchev–Trinajstić information content (AvgIpc) is 2.08. The van der Waals surface area contributed by atoms with E-state index in [4.69, 9.17) is 0 Å². The quantitative estimate of drug-likeness (QED) is 0.519. The van der Waals surface area contributed by atoms with Crippen molar-refractivity contribution in [3.05, 3.63) is 11.6 Å². The van der Waals surface area contributed by atoms with Crippen LogP contribution in [0.1, 0.15) is 41.0 Å². The van der Waals surface area contributed by atoms with Gasteiger partial charge in [-0.1, -0.05) is 46.3 Å². The molecule has 0 heterocycles. The Kier molecular flexibility index (Phi) is 2.98. The van der Waals surface area contributed by atoms with E-state index in [1.807, 2.05) is 0 Å². The molecule has 0 bridgehead atoms. The van der Waals surface area contributed by atoms with Crippen molar-refractivity contribution in [3.63, 3.8) is 0 Å². The number of hydrogen-bond acceptors (Lipinski definition) is 0. The van der Waals surface area contributed by atoms with Crippen LogP contribution in [0.3, 0.4) is 0 Å². The third-order valence-electron chi connectivity index (χ3n) is 3.92. The van der Waals surface area contributed by atoms with Gasteiger partial charge in [-0.05, 0) is 30.1 Å². The normalized spacial score (nSPS) is 42.6. The van der Waals surface area contributed by atoms with E-state index in [9.17, 15) is 0 Å². The molecule has 4 atom stereocenters. The van der Waals surface area contributed by atoms with Crippen LogP contribution in [-0.4, -0.2) is 0 Å². The molecular weight excluding hydrogens is 144 g/mol. The first-order chi connectivity index (χ1) is 5.57. The predicted octanol–water partition coefficient (Wildman–Crippen LogP) is 3.88. The largest absolute Gasteiger partial charge is 0.0819 e. The summed E-state index contributed by atoms with van der Waals surface area (Å²) in [5.74, 6) is 3.31. The third-order valence-corrected chi connectivity index (χ3v) is 3.92. The lowest BCUT2D eigenvalue weighted by Gasteiger charge is -2.36. The molecule has 1 aliphatic rings. The standard InChI is InChI=1S/C12H22/c1-6-12-7-8(2)9(3)10(4)11(12)5/h7-11H,6H2,1-5H3. The molecule has 12 heavy (non-hydrogen) atoms. The number of hydrogen-bond donors (Lipinski definition) is 0. The van der Waals surface area contributed by atoms with Gasteiger partial charge < -0.3 is 0 Å². The summed E-state index contributed by atoms with van der Waals surface area (Å²) in [5, 5.41) is 0. The van der Waals surface area contributed by atoms with Crippen LogP contribution in [0.5, 0.6) is 0 Å². The van der Waals surface area contributed by atoms with E-state index >= 15 is 0 Å². The van der Waals surface area contributed by atoms with E-state index in [1.165, 1.54) is 6.42 Å². The first-order valence-electron chi connectivity index (χ1n) is 5.28. The number of rotatable bonds is 1. The molecule has 0 fully saturated rings. The summed E-state index contributed by atoms with van der Waals surface area (Å²) in [7, 11) is 0. The molecule has 0 radical (unpaired) electrons. The Morgan fingerprint density at radius 3 is 2.17 bits per heavy atom. The fraction of sp³-hybridized carbons (Fsp3) is 0.833. The van der Waals surface area contributed by atoms with Crippen LogP contribution in [0.15, 0.2) is 11.6 Å². The molecule has 0 aromatic carbocycles. The average molecular weight is 166 g/mol. The summed E-state index contributed by atoms with van der Waals surface area (Å²) in [6.45, 7) is 11.8. The molecule has 0 aromatic rings. The zero-order valence-corrected chi connectivity index (χ0v) is 9.09. The van der Waals surface area contributed by atoms with Gasteiger partial charge in [-0.2, -0.15) is 0 Å². The Bertz CT molecular complexity index is 178. The summed E-state index contributed by atoms with van der Waals surface area (Å²) in [5.41, 5.74) is 1.67. The maximum Gasteiger partial charge on any atom is -0.0203 e. The Balaban J connectivity index is 2.84. The minimum absolute atomic E-state index is 0.783. The molecule has 4 unspecified atom stereocenters. The van der Waals surface area contributed by atoms with Crippen molar-refractivity contribution in [1.82, 2.24) is 0 Å². The summed E-state index contributed by atoms with van der Waals surface area (Å²) < 4.78 is 0. The van der Waals surface area contributed by atoms with Crippen molar-refractivity contribution in [2.75, 3.05) is 0 Å². The smallest absolute Gasteiger partial charge is 0.0203 e. The fourth-order valence-corrected chi connectivity index (χ4v) is 2.35. The lowest BCUT2D eigenvalue weighted by atomic mass is 9.69. The van der Waals surface area contributed by atoms with E-state index < -0.39 is 0 Å². The highest BCUT2D eigenvalue weighted by atomic mass is 14.3. The Hall–Kier alpha value is -0.260. The first-order valence-corrected chi connectivity index (χ1v) is 5.28. The minimum atomic E-state index is 0.783. The third kappa shape index (κ3) is 1.57. The van der Waals surface area contributed by atoms with Gasteiger partial charge in [0, 0.05) is 0 Å². The molecule has 0 amide bonds. The Labute approximate surface area is 77.1 Å². The Morgan fingerprint density at radius 1 is 1.08 bits per heavy atom. The van der Waals surface area contributed by atoms with Gasteiger partial charge in [0.05, 0.1) is 0 Å². The second kappa shape index (κ2) is 3.64. The highest BCUT2D eigenvalue weighted by Crippen LogP contribution is 2.38. The molecule has 0 saturated heterocycles. The van der Waals surface area contributed by atoms with Gasteiger partial charge in [0.2, 0.25) is 0 Å². The number of allylic oxidation sites excluding steroid dienone is 2. The molecule has 0 aromatic heterocycles. The molecule has 0 nitrogen and oxygen atoms in total. The van der Waals surface area contributed by atoms with Gasteiger partial charge in [-0.25, -0.2) is 0 Å². The van der Waals surface area contributed by atoms with Crippen LogP contribution in [0, 0.1) is 23.7 Å². The van der Waals surface area contributed by atoms with E-state index in [1.54, 1.807) is 5.57 Å². The SMILES string of the molecule is CCC1=CC(C)C(C)C(C)C1C. The minimum Gasteiger partial charge on any atom is -0.0819 e. The fourth-order valence-electron chi connectivity index (χ4n) is 2.35. The van der Waals surface area contributed by atoms with Crippen LogP contribution in [-0.2, 0) is 0 Å². The van der Waals surface area contributed by atoms with Gasteiger partial charge in [0.15, 0.2) is 0 Å². The van der Waals surface area contributed by atoms with Crippen LogP contribution in [0.2, 0.25) is 0 Å². The van der Waals surface area contributed by atoms with Gasteiger partial charge >= 0.3 is 0 Å². The molecule has 1 aliphatic carbocycles. The molecular formula is C12H22.